The van der Waals surface area contributed by atoms with Crippen LogP contribution < -0.4 is 11.1 Å². The van der Waals surface area contributed by atoms with Gasteiger partial charge >= 0.3 is 5.97 Å². The van der Waals surface area contributed by atoms with E-state index in [1.807, 2.05) is 0 Å². The molecule has 0 aliphatic rings. The number of carboxylic acids is 1. The Morgan fingerprint density at radius 1 is 1.50 bits per heavy atom. The van der Waals surface area contributed by atoms with E-state index in [0.717, 1.165) is 0 Å². The van der Waals surface area contributed by atoms with Crippen LogP contribution in [0.4, 0.5) is 5.69 Å². The van der Waals surface area contributed by atoms with Crippen molar-refractivity contribution in [2.45, 2.75) is 19.4 Å². The van der Waals surface area contributed by atoms with Gasteiger partial charge in [0.1, 0.15) is 6.04 Å². The molecule has 0 aliphatic heterocycles. The Morgan fingerprint density at radius 3 is 2.69 bits per heavy atom. The molecule has 5 heteroatoms. The van der Waals surface area contributed by atoms with Gasteiger partial charge in [-0.2, -0.15) is 0 Å². The highest BCUT2D eigenvalue weighted by atomic mass is 16.4. The third kappa shape index (κ3) is 2.98. The normalized spacial score (nSPS) is 11.8. The van der Waals surface area contributed by atoms with Crippen molar-refractivity contribution in [2.24, 2.45) is 0 Å². The number of rotatable bonds is 4. The van der Waals surface area contributed by atoms with E-state index in [2.05, 4.69) is 5.32 Å². The maximum atomic E-state index is 11.6. The highest BCUT2D eigenvalue weighted by molar-refractivity contribution is 5.97. The summed E-state index contributed by atoms with van der Waals surface area (Å²) < 4.78 is 0. The molecule has 0 saturated carbocycles. The topological polar surface area (TPSA) is 92.4 Å². The zero-order valence-corrected chi connectivity index (χ0v) is 8.93. The van der Waals surface area contributed by atoms with E-state index in [-0.39, 0.29) is 0 Å². The fraction of sp³-hybridized carbons (Fsp3) is 0.273. The maximum Gasteiger partial charge on any atom is 0.326 e. The highest BCUT2D eigenvalue weighted by Gasteiger charge is 2.18. The fourth-order valence-electron chi connectivity index (χ4n) is 1.26. The number of hydrogen-bond donors (Lipinski definition) is 3. The molecule has 1 atom stereocenters. The molecule has 86 valence electrons. The highest BCUT2D eigenvalue weighted by Crippen LogP contribution is 2.06. The van der Waals surface area contributed by atoms with Crippen molar-refractivity contribution < 1.29 is 14.7 Å². The van der Waals surface area contributed by atoms with Gasteiger partial charge in [-0.1, -0.05) is 13.0 Å². The molecule has 0 radical (unpaired) electrons. The van der Waals surface area contributed by atoms with Gasteiger partial charge < -0.3 is 16.2 Å². The number of nitrogens with one attached hydrogen (secondary N) is 1. The molecule has 0 bridgehead atoms. The van der Waals surface area contributed by atoms with Crippen LogP contribution in [0.5, 0.6) is 0 Å². The van der Waals surface area contributed by atoms with Gasteiger partial charge in [0.2, 0.25) is 0 Å². The Labute approximate surface area is 93.3 Å². The molecule has 16 heavy (non-hydrogen) atoms. The number of hydrogen-bond acceptors (Lipinski definition) is 3. The molecule has 4 N–H and O–H groups in total. The molecular weight excluding hydrogens is 208 g/mol. The first-order valence-corrected chi connectivity index (χ1v) is 4.93. The number of carbonyl (C=O) groups excluding carboxylic acids is 1. The quantitative estimate of drug-likeness (QED) is 0.659. The minimum absolute atomic E-state index is 0.337. The molecule has 0 spiro atoms. The second kappa shape index (κ2) is 5.16. The Bertz CT molecular complexity index is 404. The number of nitrogens with two attached hydrogens (primary N) is 1. The van der Waals surface area contributed by atoms with Crippen molar-refractivity contribution in [3.63, 3.8) is 0 Å². The minimum atomic E-state index is -1.04. The molecule has 0 unspecified atom stereocenters. The predicted molar refractivity (Wildman–Crippen MR) is 60.0 cm³/mol. The Kier molecular flexibility index (Phi) is 3.88. The Morgan fingerprint density at radius 2 is 2.19 bits per heavy atom. The third-order valence-corrected chi connectivity index (χ3v) is 2.16. The van der Waals surface area contributed by atoms with Gasteiger partial charge in [-0.05, 0) is 24.6 Å². The third-order valence-electron chi connectivity index (χ3n) is 2.16. The van der Waals surface area contributed by atoms with Gasteiger partial charge in [-0.3, -0.25) is 4.79 Å². The van der Waals surface area contributed by atoms with Crippen molar-refractivity contribution in [1.82, 2.24) is 5.32 Å². The summed E-state index contributed by atoms with van der Waals surface area (Å²) in [5.41, 5.74) is 6.35. The molecular formula is C11H14N2O3. The number of nitrogen functional groups attached to an aromatic ring is 1. The first-order chi connectivity index (χ1) is 7.54. The molecule has 0 heterocycles. The van der Waals surface area contributed by atoms with Crippen molar-refractivity contribution in [2.75, 3.05) is 5.73 Å². The molecule has 1 rings (SSSR count). The van der Waals surface area contributed by atoms with Gasteiger partial charge in [0.25, 0.3) is 5.91 Å². The molecule has 1 aromatic rings. The van der Waals surface area contributed by atoms with E-state index in [0.29, 0.717) is 17.7 Å². The number of anilines is 1. The summed E-state index contributed by atoms with van der Waals surface area (Å²) in [7, 11) is 0. The van der Waals surface area contributed by atoms with Crippen LogP contribution in [0, 0.1) is 0 Å². The lowest BCUT2D eigenvalue weighted by atomic mass is 10.1. The maximum absolute atomic E-state index is 11.6. The molecule has 1 amide bonds. The zero-order chi connectivity index (χ0) is 12.1. The van der Waals surface area contributed by atoms with Gasteiger partial charge in [0.15, 0.2) is 0 Å². The van der Waals surface area contributed by atoms with E-state index in [4.69, 9.17) is 10.8 Å². The summed E-state index contributed by atoms with van der Waals surface area (Å²) in [6, 6.07) is 5.52. The summed E-state index contributed by atoms with van der Waals surface area (Å²) in [6.45, 7) is 1.69. The lowest BCUT2D eigenvalue weighted by Crippen LogP contribution is -2.40. The molecule has 0 aromatic heterocycles. The van der Waals surface area contributed by atoms with Crippen LogP contribution in [0.3, 0.4) is 0 Å². The second-order valence-electron chi connectivity index (χ2n) is 3.40. The van der Waals surface area contributed by atoms with Gasteiger partial charge in [-0.15, -0.1) is 0 Å². The summed E-state index contributed by atoms with van der Waals surface area (Å²) in [4.78, 5) is 22.4. The second-order valence-corrected chi connectivity index (χ2v) is 3.40. The van der Waals surface area contributed by atoms with Crippen LogP contribution in [0.15, 0.2) is 24.3 Å². The number of benzene rings is 1. The van der Waals surface area contributed by atoms with Gasteiger partial charge in [0.05, 0.1) is 0 Å². The first-order valence-electron chi connectivity index (χ1n) is 4.93. The Hall–Kier alpha value is -2.04. The van der Waals surface area contributed by atoms with Crippen molar-refractivity contribution >= 4 is 17.6 Å². The summed E-state index contributed by atoms with van der Waals surface area (Å²) in [5.74, 6) is -1.47. The lowest BCUT2D eigenvalue weighted by Gasteiger charge is -2.12. The predicted octanol–water partition coefficient (Wildman–Crippen LogP) is 0.862. The smallest absolute Gasteiger partial charge is 0.326 e. The van der Waals surface area contributed by atoms with E-state index >= 15 is 0 Å². The summed E-state index contributed by atoms with van der Waals surface area (Å²) in [5, 5.41) is 11.2. The number of aliphatic carboxylic acids is 1. The van der Waals surface area contributed by atoms with Crippen molar-refractivity contribution in [3.05, 3.63) is 29.8 Å². The lowest BCUT2D eigenvalue weighted by molar-refractivity contribution is -0.139. The first kappa shape index (κ1) is 12.0. The zero-order valence-electron chi connectivity index (χ0n) is 8.93. The molecule has 0 fully saturated rings. The van der Waals surface area contributed by atoms with Crippen LogP contribution in [-0.2, 0) is 4.79 Å². The monoisotopic (exact) mass is 222 g/mol. The molecule has 0 saturated heterocycles. The van der Waals surface area contributed by atoms with Crippen LogP contribution >= 0.6 is 0 Å². The number of carboxylic acid groups (broad SMARTS) is 1. The fourth-order valence-corrected chi connectivity index (χ4v) is 1.26. The van der Waals surface area contributed by atoms with E-state index in [1.165, 1.54) is 6.07 Å². The van der Waals surface area contributed by atoms with Crippen LogP contribution in [0.25, 0.3) is 0 Å². The molecule has 5 nitrogen and oxygen atoms in total. The van der Waals surface area contributed by atoms with Gasteiger partial charge in [-0.25, -0.2) is 4.79 Å². The van der Waals surface area contributed by atoms with Crippen LogP contribution in [0.2, 0.25) is 0 Å². The van der Waals surface area contributed by atoms with Crippen LogP contribution in [0.1, 0.15) is 23.7 Å². The average Bonchev–Trinajstić information content (AvgIpc) is 2.25. The van der Waals surface area contributed by atoms with Crippen molar-refractivity contribution in [1.29, 1.82) is 0 Å². The van der Waals surface area contributed by atoms with Gasteiger partial charge in [0, 0.05) is 11.3 Å². The largest absolute Gasteiger partial charge is 0.480 e. The SMILES string of the molecule is CC[C@H](NC(=O)c1cccc(N)c1)C(=O)O. The Balaban J connectivity index is 2.75. The summed E-state index contributed by atoms with van der Waals surface area (Å²) in [6.07, 6.45) is 0.337. The minimum Gasteiger partial charge on any atom is -0.480 e. The molecule has 1 aromatic carbocycles. The number of amides is 1. The van der Waals surface area contributed by atoms with Crippen molar-refractivity contribution in [3.8, 4) is 0 Å². The van der Waals surface area contributed by atoms with E-state index in [1.54, 1.807) is 25.1 Å². The van der Waals surface area contributed by atoms with E-state index < -0.39 is 17.9 Å². The average molecular weight is 222 g/mol. The number of carbonyl (C=O) groups is 2. The standard InChI is InChI=1S/C11H14N2O3/c1-2-9(11(15)16)13-10(14)7-4-3-5-8(12)6-7/h3-6,9H,2,12H2,1H3,(H,13,14)(H,15,16)/t9-/m0/s1. The molecule has 0 aliphatic carbocycles. The van der Waals surface area contributed by atoms with E-state index in [9.17, 15) is 9.59 Å². The van der Waals surface area contributed by atoms with Crippen LogP contribution in [-0.4, -0.2) is 23.0 Å². The summed E-state index contributed by atoms with van der Waals surface area (Å²) >= 11 is 0.